The average molecular weight is 464 g/mol. The van der Waals surface area contributed by atoms with Crippen LogP contribution in [0.15, 0.2) is 36.4 Å². The highest BCUT2D eigenvalue weighted by molar-refractivity contribution is 6.12. The van der Waals surface area contributed by atoms with Crippen molar-refractivity contribution in [2.45, 2.75) is 49.3 Å². The van der Waals surface area contributed by atoms with Crippen LogP contribution in [0.4, 0.5) is 0 Å². The van der Waals surface area contributed by atoms with E-state index in [2.05, 4.69) is 35.5 Å². The standard InChI is InChI=1S/C26H29N3O5/c1-28-13-11-26-16-6-7-17(27-20(30)4-3-12-29-21(31)9-10-22(29)32)25(26)34-24-19(33-2)8-5-15(23(24)26)14-18(16)28/h5-10,16-18,25H,3-4,11-14H2,1-2H3,(H,27,30)/t16-,17+,18+,25-,26-/m0/s1. The quantitative estimate of drug-likeness (QED) is 0.506. The molecular weight excluding hydrogens is 434 g/mol. The van der Waals surface area contributed by atoms with E-state index in [4.69, 9.17) is 9.47 Å². The van der Waals surface area contributed by atoms with Crippen molar-refractivity contribution in [2.24, 2.45) is 5.92 Å². The lowest BCUT2D eigenvalue weighted by molar-refractivity contribution is -0.137. The zero-order chi connectivity index (χ0) is 23.6. The molecule has 0 aromatic heterocycles. The van der Waals surface area contributed by atoms with Gasteiger partial charge in [0.2, 0.25) is 5.91 Å². The number of amides is 3. The second-order valence-corrected chi connectivity index (χ2v) is 9.98. The first-order valence-corrected chi connectivity index (χ1v) is 12.0. The van der Waals surface area contributed by atoms with E-state index in [-0.39, 0.29) is 48.2 Å². The van der Waals surface area contributed by atoms with Crippen molar-refractivity contribution in [1.82, 2.24) is 15.1 Å². The van der Waals surface area contributed by atoms with Gasteiger partial charge in [-0.15, -0.1) is 0 Å². The van der Waals surface area contributed by atoms with E-state index >= 15 is 0 Å². The SMILES string of the molecule is COc1ccc2c3c1O[C@H]1[C@H](NC(=O)CCCN4C(=O)C=CC4=O)C=C[C@H]4[C@@H](C2)N(C)CC[C@@]341. The molecule has 8 nitrogen and oxygen atoms in total. The number of likely N-dealkylation sites (tertiary alicyclic amines) is 1. The van der Waals surface area contributed by atoms with Crippen molar-refractivity contribution in [1.29, 1.82) is 0 Å². The Bertz CT molecular complexity index is 1130. The maximum atomic E-state index is 12.9. The molecule has 1 saturated heterocycles. The number of hydrogen-bond donors (Lipinski definition) is 1. The number of imide groups is 1. The van der Waals surface area contributed by atoms with Gasteiger partial charge in [0.25, 0.3) is 11.8 Å². The number of methoxy groups -OCH3 is 1. The van der Waals surface area contributed by atoms with Crippen molar-refractivity contribution >= 4 is 17.7 Å². The second-order valence-electron chi connectivity index (χ2n) is 9.98. The lowest BCUT2D eigenvalue weighted by atomic mass is 9.53. The van der Waals surface area contributed by atoms with Crippen LogP contribution in [0, 0.1) is 5.92 Å². The van der Waals surface area contributed by atoms with Gasteiger partial charge in [-0.25, -0.2) is 0 Å². The monoisotopic (exact) mass is 463 g/mol. The number of carbonyl (C=O) groups is 3. The van der Waals surface area contributed by atoms with E-state index in [1.807, 2.05) is 6.07 Å². The van der Waals surface area contributed by atoms with Crippen LogP contribution in [0.25, 0.3) is 0 Å². The number of rotatable bonds is 6. The minimum absolute atomic E-state index is 0.108. The number of benzene rings is 1. The molecule has 3 heterocycles. The summed E-state index contributed by atoms with van der Waals surface area (Å²) in [7, 11) is 3.87. The predicted molar refractivity (Wildman–Crippen MR) is 123 cm³/mol. The molecule has 5 aliphatic rings. The third kappa shape index (κ3) is 2.90. The third-order valence-corrected chi connectivity index (χ3v) is 8.39. The molecule has 6 rings (SSSR count). The fourth-order valence-electron chi connectivity index (χ4n) is 6.85. The molecule has 1 aromatic rings. The van der Waals surface area contributed by atoms with E-state index in [1.54, 1.807) is 7.11 Å². The molecule has 1 spiro atoms. The number of nitrogens with zero attached hydrogens (tertiary/aromatic N) is 2. The minimum Gasteiger partial charge on any atom is -0.493 e. The Kier molecular flexibility index (Phi) is 4.85. The Morgan fingerprint density at radius 1 is 1.24 bits per heavy atom. The fourth-order valence-corrected chi connectivity index (χ4v) is 6.85. The van der Waals surface area contributed by atoms with Gasteiger partial charge in [0.1, 0.15) is 6.10 Å². The number of nitrogens with one attached hydrogen (secondary N) is 1. The van der Waals surface area contributed by atoms with Gasteiger partial charge in [-0.05, 0) is 44.5 Å². The van der Waals surface area contributed by atoms with Gasteiger partial charge in [-0.3, -0.25) is 19.3 Å². The van der Waals surface area contributed by atoms with Gasteiger partial charge >= 0.3 is 0 Å². The van der Waals surface area contributed by atoms with Crippen molar-refractivity contribution in [3.05, 3.63) is 47.6 Å². The summed E-state index contributed by atoms with van der Waals surface area (Å²) < 4.78 is 12.3. The van der Waals surface area contributed by atoms with Crippen LogP contribution in [-0.4, -0.2) is 73.0 Å². The van der Waals surface area contributed by atoms with Crippen LogP contribution in [0.1, 0.15) is 30.4 Å². The van der Waals surface area contributed by atoms with E-state index in [1.165, 1.54) is 28.2 Å². The van der Waals surface area contributed by atoms with Crippen LogP contribution in [0.2, 0.25) is 0 Å². The molecule has 0 radical (unpaired) electrons. The van der Waals surface area contributed by atoms with E-state index < -0.39 is 0 Å². The van der Waals surface area contributed by atoms with Crippen LogP contribution < -0.4 is 14.8 Å². The molecule has 1 N–H and O–H groups in total. The first-order chi connectivity index (χ1) is 16.4. The Balaban J connectivity index is 1.24. The van der Waals surface area contributed by atoms with Crippen molar-refractivity contribution in [2.75, 3.05) is 27.2 Å². The lowest BCUT2D eigenvalue weighted by Gasteiger charge is -2.57. The average Bonchev–Trinajstić information content (AvgIpc) is 3.34. The van der Waals surface area contributed by atoms with Gasteiger partial charge in [0.15, 0.2) is 11.5 Å². The molecule has 2 bridgehead atoms. The zero-order valence-corrected chi connectivity index (χ0v) is 19.5. The number of hydrogen-bond acceptors (Lipinski definition) is 6. The predicted octanol–water partition coefficient (Wildman–Crippen LogP) is 1.33. The first-order valence-electron chi connectivity index (χ1n) is 12.0. The summed E-state index contributed by atoms with van der Waals surface area (Å²) in [6.45, 7) is 1.22. The zero-order valence-electron chi connectivity index (χ0n) is 19.5. The van der Waals surface area contributed by atoms with Crippen molar-refractivity contribution in [3.8, 4) is 11.5 Å². The fraction of sp³-hybridized carbons (Fsp3) is 0.500. The Morgan fingerprint density at radius 2 is 2.03 bits per heavy atom. The second kappa shape index (κ2) is 7.70. The molecule has 0 unspecified atom stereocenters. The highest BCUT2D eigenvalue weighted by atomic mass is 16.5. The topological polar surface area (TPSA) is 88.2 Å². The van der Waals surface area contributed by atoms with Crippen molar-refractivity contribution in [3.63, 3.8) is 0 Å². The molecule has 3 aliphatic heterocycles. The Morgan fingerprint density at radius 3 is 2.79 bits per heavy atom. The first kappa shape index (κ1) is 21.4. The Labute approximate surface area is 198 Å². The highest BCUT2D eigenvalue weighted by Crippen LogP contribution is 2.62. The van der Waals surface area contributed by atoms with Crippen molar-refractivity contribution < 1.29 is 23.9 Å². The van der Waals surface area contributed by atoms with E-state index in [0.29, 0.717) is 18.4 Å². The number of carbonyl (C=O) groups excluding carboxylic acids is 3. The van der Waals surface area contributed by atoms with Crippen LogP contribution in [0.5, 0.6) is 11.5 Å². The van der Waals surface area contributed by atoms with E-state index in [9.17, 15) is 14.4 Å². The molecule has 178 valence electrons. The number of ether oxygens (including phenoxy) is 2. The van der Waals surface area contributed by atoms with Gasteiger partial charge < -0.3 is 19.7 Å². The normalized spacial score (nSPS) is 32.6. The third-order valence-electron chi connectivity index (χ3n) is 8.39. The molecule has 1 aromatic carbocycles. The summed E-state index contributed by atoms with van der Waals surface area (Å²) in [5.41, 5.74) is 2.41. The molecule has 5 atom stereocenters. The summed E-state index contributed by atoms with van der Waals surface area (Å²) in [4.78, 5) is 40.0. The summed E-state index contributed by atoms with van der Waals surface area (Å²) in [5, 5.41) is 3.17. The highest BCUT2D eigenvalue weighted by Gasteiger charge is 2.64. The molecule has 34 heavy (non-hydrogen) atoms. The lowest BCUT2D eigenvalue weighted by Crippen LogP contribution is -2.66. The van der Waals surface area contributed by atoms with Gasteiger partial charge in [0.05, 0.1) is 13.2 Å². The molecule has 1 fully saturated rings. The van der Waals surface area contributed by atoms with E-state index in [0.717, 1.165) is 30.9 Å². The largest absolute Gasteiger partial charge is 0.493 e. The molecule has 0 saturated carbocycles. The molecular formula is C26H29N3O5. The maximum Gasteiger partial charge on any atom is 0.253 e. The molecule has 8 heteroatoms. The smallest absolute Gasteiger partial charge is 0.253 e. The number of piperidine rings is 1. The maximum absolute atomic E-state index is 12.9. The molecule has 3 amide bonds. The van der Waals surface area contributed by atoms with Gasteiger partial charge in [-0.2, -0.15) is 0 Å². The summed E-state index contributed by atoms with van der Waals surface area (Å²) in [5.74, 6) is 1.16. The summed E-state index contributed by atoms with van der Waals surface area (Å²) in [6, 6.07) is 4.32. The number of likely N-dealkylation sites (N-methyl/N-ethyl adjacent to an activating group) is 1. The minimum atomic E-state index is -0.318. The summed E-state index contributed by atoms with van der Waals surface area (Å²) in [6.07, 6.45) is 9.32. The van der Waals surface area contributed by atoms with Gasteiger partial charge in [-0.1, -0.05) is 18.2 Å². The Hall–Kier alpha value is -3.13. The van der Waals surface area contributed by atoms with Crippen LogP contribution in [0.3, 0.4) is 0 Å². The van der Waals surface area contributed by atoms with Crippen LogP contribution >= 0.6 is 0 Å². The molecule has 2 aliphatic carbocycles. The van der Waals surface area contributed by atoms with Gasteiger partial charge in [0, 0.05) is 48.1 Å². The van der Waals surface area contributed by atoms with Crippen LogP contribution in [-0.2, 0) is 26.2 Å². The summed E-state index contributed by atoms with van der Waals surface area (Å²) >= 11 is 0.